The van der Waals surface area contributed by atoms with Crippen molar-refractivity contribution in [2.75, 3.05) is 13.7 Å². The Bertz CT molecular complexity index is 517. The molecule has 0 aromatic rings. The fourth-order valence-corrected chi connectivity index (χ4v) is 3.69. The average molecular weight is 397 g/mol. The summed E-state index contributed by atoms with van der Waals surface area (Å²) in [5.74, 6) is -0.768. The Hall–Kier alpha value is -1.51. The number of hydrogen-bond acceptors (Lipinski definition) is 6. The Morgan fingerprint density at radius 1 is 1.32 bits per heavy atom. The van der Waals surface area contributed by atoms with Gasteiger partial charge in [0.05, 0.1) is 18.8 Å². The molecule has 162 valence electrons. The first-order chi connectivity index (χ1) is 13.3. The number of nitrogens with two attached hydrogens (primary N) is 2. The second-order valence-electron chi connectivity index (χ2n) is 7.89. The van der Waals surface area contributed by atoms with Crippen LogP contribution in [0.1, 0.15) is 65.7 Å². The Labute approximate surface area is 169 Å². The second kappa shape index (κ2) is 12.9. The number of ether oxygens (including phenoxy) is 1. The Morgan fingerprint density at radius 3 is 2.46 bits per heavy atom. The molecule has 1 amide bonds. The van der Waals surface area contributed by atoms with Crippen LogP contribution in [0.5, 0.6) is 0 Å². The maximum absolute atomic E-state index is 12.4. The van der Waals surface area contributed by atoms with Crippen LogP contribution >= 0.6 is 0 Å². The summed E-state index contributed by atoms with van der Waals surface area (Å²) in [6.45, 7) is 5.85. The Balaban J connectivity index is 2.78. The molecule has 0 aliphatic heterocycles. The van der Waals surface area contributed by atoms with Gasteiger partial charge in [0.2, 0.25) is 5.91 Å². The van der Waals surface area contributed by atoms with Gasteiger partial charge in [-0.25, -0.2) is 0 Å². The van der Waals surface area contributed by atoms with E-state index in [0.717, 1.165) is 6.42 Å². The first-order valence-corrected chi connectivity index (χ1v) is 10.5. The zero-order valence-corrected chi connectivity index (χ0v) is 18.0. The molecule has 1 fully saturated rings. The minimum Gasteiger partial charge on any atom is -0.387 e. The number of nitrogens with one attached hydrogen (secondary N) is 3. The van der Waals surface area contributed by atoms with Crippen LogP contribution in [0.2, 0.25) is 0 Å². The van der Waals surface area contributed by atoms with E-state index in [-0.39, 0.29) is 30.3 Å². The molecule has 1 saturated carbocycles. The number of rotatable bonds is 12. The third-order valence-corrected chi connectivity index (χ3v) is 5.25. The van der Waals surface area contributed by atoms with Gasteiger partial charge in [-0.05, 0) is 33.1 Å². The lowest BCUT2D eigenvalue weighted by molar-refractivity contribution is -0.123. The summed E-state index contributed by atoms with van der Waals surface area (Å²) in [5.41, 5.74) is 12.2. The molecule has 7 N–H and O–H groups in total. The summed E-state index contributed by atoms with van der Waals surface area (Å²) in [7, 11) is 1.68. The number of amidine groups is 1. The molecule has 0 radical (unpaired) electrons. The predicted molar refractivity (Wildman–Crippen MR) is 115 cm³/mol. The number of amides is 1. The first kappa shape index (κ1) is 24.5. The van der Waals surface area contributed by atoms with Crippen molar-refractivity contribution < 1.29 is 9.53 Å². The van der Waals surface area contributed by atoms with E-state index >= 15 is 0 Å². The van der Waals surface area contributed by atoms with Crippen LogP contribution < -0.4 is 22.1 Å². The van der Waals surface area contributed by atoms with E-state index in [1.165, 1.54) is 32.1 Å². The van der Waals surface area contributed by atoms with Gasteiger partial charge in [0, 0.05) is 31.3 Å². The van der Waals surface area contributed by atoms with Crippen molar-refractivity contribution >= 4 is 17.5 Å². The van der Waals surface area contributed by atoms with Crippen molar-refractivity contribution in [1.82, 2.24) is 10.6 Å². The van der Waals surface area contributed by atoms with Crippen molar-refractivity contribution in [3.8, 4) is 0 Å². The highest BCUT2D eigenvalue weighted by Crippen LogP contribution is 2.19. The highest BCUT2D eigenvalue weighted by Gasteiger charge is 2.26. The lowest BCUT2D eigenvalue weighted by atomic mass is 9.94. The molecule has 8 nitrogen and oxygen atoms in total. The minimum atomic E-state index is -0.688. The largest absolute Gasteiger partial charge is 0.387 e. The van der Waals surface area contributed by atoms with Crippen molar-refractivity contribution in [1.29, 1.82) is 5.41 Å². The van der Waals surface area contributed by atoms with E-state index in [4.69, 9.17) is 21.6 Å². The molecular formula is C20H40N6O2. The van der Waals surface area contributed by atoms with Gasteiger partial charge in [0.1, 0.15) is 11.8 Å². The van der Waals surface area contributed by atoms with Crippen LogP contribution in [0.15, 0.2) is 4.99 Å². The molecule has 0 aromatic heterocycles. The van der Waals surface area contributed by atoms with E-state index in [1.807, 2.05) is 0 Å². The smallest absolute Gasteiger partial charge is 0.232 e. The lowest BCUT2D eigenvalue weighted by Crippen LogP contribution is -2.48. The molecule has 0 heterocycles. The quantitative estimate of drug-likeness (QED) is 0.193. The van der Waals surface area contributed by atoms with Crippen molar-refractivity contribution in [3.05, 3.63) is 0 Å². The maximum atomic E-state index is 12.4. The predicted octanol–water partition coefficient (Wildman–Crippen LogP) is 1.53. The summed E-state index contributed by atoms with van der Waals surface area (Å²) >= 11 is 0. The monoisotopic (exact) mass is 396 g/mol. The Kier molecular flexibility index (Phi) is 11.3. The molecule has 0 spiro atoms. The van der Waals surface area contributed by atoms with Crippen LogP contribution in [0, 0.1) is 11.3 Å². The average Bonchev–Trinajstić information content (AvgIpc) is 2.65. The molecule has 1 aliphatic carbocycles. The molecule has 1 rings (SSSR count). The number of hydrogen-bond donors (Lipinski definition) is 5. The highest BCUT2D eigenvalue weighted by atomic mass is 16.5. The highest BCUT2D eigenvalue weighted by molar-refractivity contribution is 6.05. The Morgan fingerprint density at radius 2 is 1.96 bits per heavy atom. The van der Waals surface area contributed by atoms with E-state index in [2.05, 4.69) is 22.5 Å². The zero-order valence-electron chi connectivity index (χ0n) is 18.0. The van der Waals surface area contributed by atoms with Crippen molar-refractivity contribution in [3.63, 3.8) is 0 Å². The lowest BCUT2D eigenvalue weighted by Gasteiger charge is -2.32. The first-order valence-electron chi connectivity index (χ1n) is 10.5. The fourth-order valence-electron chi connectivity index (χ4n) is 3.69. The number of methoxy groups -OCH3 is 1. The molecule has 4 atom stereocenters. The second-order valence-corrected chi connectivity index (χ2v) is 7.89. The molecule has 1 aliphatic rings. The molecule has 4 unspecified atom stereocenters. The van der Waals surface area contributed by atoms with Crippen LogP contribution in [-0.2, 0) is 9.53 Å². The number of carbonyl (C=O) groups excluding carboxylic acids is 1. The summed E-state index contributed by atoms with van der Waals surface area (Å²) in [6.07, 6.45) is 6.83. The van der Waals surface area contributed by atoms with E-state index in [9.17, 15) is 4.79 Å². The van der Waals surface area contributed by atoms with Gasteiger partial charge in [-0.2, -0.15) is 0 Å². The van der Waals surface area contributed by atoms with Crippen LogP contribution in [0.4, 0.5) is 0 Å². The van der Waals surface area contributed by atoms with Crippen LogP contribution in [0.3, 0.4) is 0 Å². The van der Waals surface area contributed by atoms with Crippen molar-refractivity contribution in [2.24, 2.45) is 22.4 Å². The van der Waals surface area contributed by atoms with Gasteiger partial charge in [-0.1, -0.05) is 26.2 Å². The summed E-state index contributed by atoms with van der Waals surface area (Å²) in [6, 6.07) is 0.716. The van der Waals surface area contributed by atoms with Crippen LogP contribution in [0.25, 0.3) is 0 Å². The standard InChI is InChI=1S/C20H40N6O2/c1-5-17(26-15-9-7-6-8-10-15)18(28-4)12-24-19(23)16(11-13(2)21)20(27)25-14(3)22/h14-18,21,26H,5-12,22H2,1-4H3,(H2,23,24)(H,25,27). The van der Waals surface area contributed by atoms with Gasteiger partial charge in [-0.15, -0.1) is 0 Å². The summed E-state index contributed by atoms with van der Waals surface area (Å²) < 4.78 is 5.69. The third-order valence-electron chi connectivity index (χ3n) is 5.25. The molecule has 0 bridgehead atoms. The number of nitrogens with zero attached hydrogens (tertiary/aromatic N) is 1. The van der Waals surface area contributed by atoms with Crippen LogP contribution in [-0.4, -0.2) is 55.5 Å². The maximum Gasteiger partial charge on any atom is 0.232 e. The van der Waals surface area contributed by atoms with Gasteiger partial charge in [-0.3, -0.25) is 9.79 Å². The van der Waals surface area contributed by atoms with E-state index < -0.39 is 12.1 Å². The van der Waals surface area contributed by atoms with Gasteiger partial charge in [0.25, 0.3) is 0 Å². The van der Waals surface area contributed by atoms with Gasteiger partial charge < -0.3 is 32.2 Å². The third kappa shape index (κ3) is 8.67. The number of carbonyl (C=O) groups is 1. The SMILES string of the molecule is CCC(NC1CCCCC1)C(CN=C(N)C(CC(C)=N)C(=O)NC(C)N)OC. The van der Waals surface area contributed by atoms with Gasteiger partial charge in [0.15, 0.2) is 0 Å². The van der Waals surface area contributed by atoms with Crippen molar-refractivity contribution in [2.45, 2.75) is 90.1 Å². The number of aliphatic imine (C=N–C) groups is 1. The zero-order chi connectivity index (χ0) is 21.1. The topological polar surface area (TPSA) is 139 Å². The minimum absolute atomic E-state index is 0.122. The van der Waals surface area contributed by atoms with E-state index in [0.29, 0.717) is 18.3 Å². The van der Waals surface area contributed by atoms with E-state index in [1.54, 1.807) is 21.0 Å². The molecule has 0 aromatic carbocycles. The molecule has 8 heteroatoms. The fraction of sp³-hybridized carbons (Fsp3) is 0.850. The molecular weight excluding hydrogens is 356 g/mol. The summed E-state index contributed by atoms with van der Waals surface area (Å²) in [5, 5.41) is 14.1. The summed E-state index contributed by atoms with van der Waals surface area (Å²) in [4.78, 5) is 16.9. The normalized spacial score (nSPS) is 20.2. The van der Waals surface area contributed by atoms with Gasteiger partial charge >= 0.3 is 0 Å². The molecule has 28 heavy (non-hydrogen) atoms. The molecule has 0 saturated heterocycles.